The number of nitrogens with one attached hydrogen (secondary N) is 2. The van der Waals surface area contributed by atoms with Crippen LogP contribution in [0, 0.1) is 13.8 Å². The second-order valence-electron chi connectivity index (χ2n) is 6.89. The molecule has 0 aliphatic rings. The summed E-state index contributed by atoms with van der Waals surface area (Å²) in [7, 11) is 0. The summed E-state index contributed by atoms with van der Waals surface area (Å²) in [5.41, 5.74) is 4.84. The molecular weight excluding hydrogens is 418 g/mol. The SMILES string of the molecule is Cc1ccc2nc(-c3ccc(NC(=O)C(=O)Nc4cccc(Cl)c4C)cc3)sc2c1. The van der Waals surface area contributed by atoms with Crippen molar-refractivity contribution in [2.45, 2.75) is 13.8 Å². The minimum absolute atomic E-state index is 0.504. The van der Waals surface area contributed by atoms with E-state index in [2.05, 4.69) is 28.6 Å². The van der Waals surface area contributed by atoms with Gasteiger partial charge in [-0.15, -0.1) is 11.3 Å². The molecule has 0 saturated heterocycles. The van der Waals surface area contributed by atoms with Crippen molar-refractivity contribution in [3.63, 3.8) is 0 Å². The minimum atomic E-state index is -0.758. The van der Waals surface area contributed by atoms with Gasteiger partial charge in [0, 0.05) is 22.0 Å². The van der Waals surface area contributed by atoms with Crippen LogP contribution in [-0.2, 0) is 9.59 Å². The Labute approximate surface area is 182 Å². The summed E-state index contributed by atoms with van der Waals surface area (Å²) in [4.78, 5) is 29.1. The van der Waals surface area contributed by atoms with Crippen molar-refractivity contribution in [2.75, 3.05) is 10.6 Å². The number of fused-ring (bicyclic) bond motifs is 1. The molecule has 0 radical (unpaired) electrons. The van der Waals surface area contributed by atoms with Crippen LogP contribution < -0.4 is 10.6 Å². The molecule has 150 valence electrons. The van der Waals surface area contributed by atoms with Gasteiger partial charge in [0.05, 0.1) is 10.2 Å². The third-order valence-corrected chi connectivity index (χ3v) is 6.13. The maximum absolute atomic E-state index is 12.3. The van der Waals surface area contributed by atoms with E-state index >= 15 is 0 Å². The molecule has 2 amide bonds. The first-order valence-corrected chi connectivity index (χ1v) is 10.5. The maximum atomic E-state index is 12.3. The summed E-state index contributed by atoms with van der Waals surface area (Å²) in [6, 6.07) is 18.6. The molecule has 4 rings (SSSR count). The third-order valence-electron chi connectivity index (χ3n) is 4.66. The smallest absolute Gasteiger partial charge is 0.314 e. The van der Waals surface area contributed by atoms with Crippen LogP contribution in [0.5, 0.6) is 0 Å². The number of carbonyl (C=O) groups excluding carboxylic acids is 2. The second kappa shape index (κ2) is 8.26. The summed E-state index contributed by atoms with van der Waals surface area (Å²) < 4.78 is 1.13. The average Bonchev–Trinajstić information content (AvgIpc) is 3.15. The van der Waals surface area contributed by atoms with Crippen molar-refractivity contribution < 1.29 is 9.59 Å². The number of amides is 2. The molecule has 0 fully saturated rings. The lowest BCUT2D eigenvalue weighted by Crippen LogP contribution is -2.29. The fraction of sp³-hybridized carbons (Fsp3) is 0.0870. The van der Waals surface area contributed by atoms with E-state index in [-0.39, 0.29) is 0 Å². The Morgan fingerprint density at radius 3 is 2.43 bits per heavy atom. The van der Waals surface area contributed by atoms with E-state index in [4.69, 9.17) is 11.6 Å². The van der Waals surface area contributed by atoms with Crippen LogP contribution in [0.1, 0.15) is 11.1 Å². The zero-order valence-corrected chi connectivity index (χ0v) is 17.9. The molecular formula is C23H18ClN3O2S. The summed E-state index contributed by atoms with van der Waals surface area (Å²) in [5.74, 6) is -1.51. The van der Waals surface area contributed by atoms with E-state index in [9.17, 15) is 9.59 Å². The molecule has 0 aliphatic heterocycles. The highest BCUT2D eigenvalue weighted by atomic mass is 35.5. The van der Waals surface area contributed by atoms with Gasteiger partial charge in [-0.05, 0) is 73.5 Å². The second-order valence-corrected chi connectivity index (χ2v) is 8.33. The molecule has 5 nitrogen and oxygen atoms in total. The van der Waals surface area contributed by atoms with Gasteiger partial charge in [0.2, 0.25) is 0 Å². The first-order chi connectivity index (χ1) is 14.4. The molecule has 0 spiro atoms. The topological polar surface area (TPSA) is 71.1 Å². The predicted octanol–water partition coefficient (Wildman–Crippen LogP) is 5.81. The highest BCUT2D eigenvalue weighted by Crippen LogP contribution is 2.31. The van der Waals surface area contributed by atoms with Crippen LogP contribution >= 0.6 is 22.9 Å². The van der Waals surface area contributed by atoms with Crippen molar-refractivity contribution in [1.29, 1.82) is 0 Å². The van der Waals surface area contributed by atoms with Gasteiger partial charge in [-0.2, -0.15) is 0 Å². The lowest BCUT2D eigenvalue weighted by molar-refractivity contribution is -0.133. The number of hydrogen-bond acceptors (Lipinski definition) is 4. The summed E-state index contributed by atoms with van der Waals surface area (Å²) in [5, 5.41) is 6.62. The van der Waals surface area contributed by atoms with E-state index < -0.39 is 11.8 Å². The highest BCUT2D eigenvalue weighted by Gasteiger charge is 2.16. The summed E-state index contributed by atoms with van der Waals surface area (Å²) in [6.45, 7) is 3.83. The number of nitrogens with zero attached hydrogens (tertiary/aromatic N) is 1. The molecule has 2 N–H and O–H groups in total. The number of halogens is 1. The average molecular weight is 436 g/mol. The standard InChI is InChI=1S/C23H18ClN3O2S/c1-13-6-11-19-20(12-13)30-23(27-19)15-7-9-16(10-8-15)25-21(28)22(29)26-18-5-3-4-17(24)14(18)2/h3-12H,1-2H3,(H,25,28)(H,26,29). The molecule has 7 heteroatoms. The lowest BCUT2D eigenvalue weighted by atomic mass is 10.2. The Morgan fingerprint density at radius 2 is 1.67 bits per heavy atom. The van der Waals surface area contributed by atoms with Gasteiger partial charge in [-0.1, -0.05) is 23.7 Å². The number of aryl methyl sites for hydroxylation is 1. The Balaban J connectivity index is 1.45. The van der Waals surface area contributed by atoms with E-state index in [1.807, 2.05) is 24.3 Å². The first kappa shape index (κ1) is 20.1. The number of benzene rings is 3. The van der Waals surface area contributed by atoms with Crippen molar-refractivity contribution in [2.24, 2.45) is 0 Å². The number of hydrogen-bond donors (Lipinski definition) is 2. The van der Waals surface area contributed by atoms with Crippen LogP contribution in [-0.4, -0.2) is 16.8 Å². The quantitative estimate of drug-likeness (QED) is 0.399. The number of aromatic nitrogens is 1. The Hall–Kier alpha value is -3.22. The van der Waals surface area contributed by atoms with Crippen LogP contribution in [0.3, 0.4) is 0 Å². The van der Waals surface area contributed by atoms with Gasteiger partial charge in [0.15, 0.2) is 0 Å². The largest absolute Gasteiger partial charge is 0.318 e. The maximum Gasteiger partial charge on any atom is 0.314 e. The number of rotatable bonds is 3. The molecule has 0 aliphatic carbocycles. The van der Waals surface area contributed by atoms with Gasteiger partial charge >= 0.3 is 11.8 Å². The Morgan fingerprint density at radius 1 is 0.933 bits per heavy atom. The molecule has 0 bridgehead atoms. The van der Waals surface area contributed by atoms with Crippen LogP contribution in [0.25, 0.3) is 20.8 Å². The number of thiazole rings is 1. The lowest BCUT2D eigenvalue weighted by Gasteiger charge is -2.10. The normalized spacial score (nSPS) is 10.8. The van der Waals surface area contributed by atoms with Crippen molar-refractivity contribution in [3.8, 4) is 10.6 Å². The van der Waals surface area contributed by atoms with Gasteiger partial charge in [0.1, 0.15) is 5.01 Å². The highest BCUT2D eigenvalue weighted by molar-refractivity contribution is 7.21. The minimum Gasteiger partial charge on any atom is -0.318 e. The van der Waals surface area contributed by atoms with Crippen molar-refractivity contribution in [3.05, 3.63) is 76.8 Å². The number of anilines is 2. The van der Waals surface area contributed by atoms with Gasteiger partial charge < -0.3 is 10.6 Å². The zero-order valence-electron chi connectivity index (χ0n) is 16.3. The fourth-order valence-corrected chi connectivity index (χ4v) is 4.21. The molecule has 3 aromatic carbocycles. The van der Waals surface area contributed by atoms with Gasteiger partial charge in [-0.3, -0.25) is 9.59 Å². The van der Waals surface area contributed by atoms with Gasteiger partial charge in [-0.25, -0.2) is 4.98 Å². The van der Waals surface area contributed by atoms with E-state index in [0.29, 0.717) is 22.0 Å². The number of carbonyl (C=O) groups is 2. The molecule has 0 unspecified atom stereocenters. The van der Waals surface area contributed by atoms with Crippen LogP contribution in [0.2, 0.25) is 5.02 Å². The summed E-state index contributed by atoms with van der Waals surface area (Å²) >= 11 is 7.67. The molecule has 30 heavy (non-hydrogen) atoms. The monoisotopic (exact) mass is 435 g/mol. The first-order valence-electron chi connectivity index (χ1n) is 9.26. The third kappa shape index (κ3) is 4.20. The van der Waals surface area contributed by atoms with E-state index in [1.54, 1.807) is 48.6 Å². The molecule has 0 atom stereocenters. The molecule has 0 saturated carbocycles. The van der Waals surface area contributed by atoms with E-state index in [0.717, 1.165) is 20.8 Å². The molecule has 1 aromatic heterocycles. The molecule has 1 heterocycles. The fourth-order valence-electron chi connectivity index (χ4n) is 2.96. The Bertz CT molecular complexity index is 1270. The van der Waals surface area contributed by atoms with Crippen molar-refractivity contribution >= 4 is 56.3 Å². The van der Waals surface area contributed by atoms with Crippen LogP contribution in [0.15, 0.2) is 60.7 Å². The Kier molecular flexibility index (Phi) is 5.53. The molecule has 4 aromatic rings. The summed E-state index contributed by atoms with van der Waals surface area (Å²) in [6.07, 6.45) is 0. The predicted molar refractivity (Wildman–Crippen MR) is 123 cm³/mol. The van der Waals surface area contributed by atoms with Crippen LogP contribution in [0.4, 0.5) is 11.4 Å². The van der Waals surface area contributed by atoms with Gasteiger partial charge in [0.25, 0.3) is 0 Å². The van der Waals surface area contributed by atoms with Crippen molar-refractivity contribution in [1.82, 2.24) is 4.98 Å². The zero-order chi connectivity index (χ0) is 21.3. The van der Waals surface area contributed by atoms with E-state index in [1.165, 1.54) is 5.56 Å².